The van der Waals surface area contributed by atoms with Gasteiger partial charge in [-0.15, -0.1) is 0 Å². The number of hydrogen-bond acceptors (Lipinski definition) is 5. The van der Waals surface area contributed by atoms with Crippen LogP contribution < -0.4 is 10.1 Å². The van der Waals surface area contributed by atoms with Crippen molar-refractivity contribution in [2.75, 3.05) is 7.11 Å². The molecule has 146 valence electrons. The standard InChI is InChI=1S/C21H18ClN5O2/c1-29-20-9-15(16(22)12-24-20)18-10-19-17(6-3-7-27(19)26-18)25-21(28)14-5-2-4-13(8-14)11-23/h2,4-5,8-10,12,17H,3,6-7H2,1H3,(H,25,28). The molecule has 1 aliphatic rings. The fourth-order valence-corrected chi connectivity index (χ4v) is 3.66. The van der Waals surface area contributed by atoms with E-state index in [1.165, 1.54) is 6.20 Å². The van der Waals surface area contributed by atoms with Crippen molar-refractivity contribution < 1.29 is 9.53 Å². The maximum atomic E-state index is 12.7. The Kier molecular flexibility index (Phi) is 5.19. The second-order valence-electron chi connectivity index (χ2n) is 6.74. The molecular formula is C21H18ClN5O2. The first-order chi connectivity index (χ1) is 14.1. The lowest BCUT2D eigenvalue weighted by atomic mass is 10.0. The van der Waals surface area contributed by atoms with Gasteiger partial charge >= 0.3 is 0 Å². The zero-order chi connectivity index (χ0) is 20.4. The van der Waals surface area contributed by atoms with Gasteiger partial charge in [0.05, 0.1) is 47.4 Å². The molecule has 1 aromatic carbocycles. The molecule has 4 rings (SSSR count). The quantitative estimate of drug-likeness (QED) is 0.711. The average Bonchev–Trinajstić information content (AvgIpc) is 3.19. The fraction of sp³-hybridized carbons (Fsp3) is 0.238. The molecule has 3 heterocycles. The van der Waals surface area contributed by atoms with Gasteiger partial charge < -0.3 is 10.1 Å². The van der Waals surface area contributed by atoms with Crippen LogP contribution in [0.5, 0.6) is 5.88 Å². The highest BCUT2D eigenvalue weighted by molar-refractivity contribution is 6.33. The maximum Gasteiger partial charge on any atom is 0.251 e. The summed E-state index contributed by atoms with van der Waals surface area (Å²) in [4.78, 5) is 16.8. The lowest BCUT2D eigenvalue weighted by Gasteiger charge is -2.24. The van der Waals surface area contributed by atoms with E-state index in [2.05, 4.69) is 21.5 Å². The minimum Gasteiger partial charge on any atom is -0.481 e. The predicted molar refractivity (Wildman–Crippen MR) is 108 cm³/mol. The number of rotatable bonds is 4. The summed E-state index contributed by atoms with van der Waals surface area (Å²) in [7, 11) is 1.55. The zero-order valence-corrected chi connectivity index (χ0v) is 16.5. The van der Waals surface area contributed by atoms with Crippen molar-refractivity contribution in [1.29, 1.82) is 5.26 Å². The Morgan fingerprint density at radius 1 is 1.38 bits per heavy atom. The summed E-state index contributed by atoms with van der Waals surface area (Å²) in [6, 6.07) is 12.2. The maximum absolute atomic E-state index is 12.7. The van der Waals surface area contributed by atoms with E-state index in [9.17, 15) is 4.79 Å². The number of fused-ring (bicyclic) bond motifs is 1. The van der Waals surface area contributed by atoms with Crippen LogP contribution >= 0.6 is 11.6 Å². The van der Waals surface area contributed by atoms with E-state index < -0.39 is 0 Å². The summed E-state index contributed by atoms with van der Waals surface area (Å²) in [5, 5.41) is 17.3. The van der Waals surface area contributed by atoms with Crippen molar-refractivity contribution in [2.45, 2.75) is 25.4 Å². The molecule has 7 nitrogen and oxygen atoms in total. The molecule has 1 unspecified atom stereocenters. The number of carbonyl (C=O) groups excluding carboxylic acids is 1. The number of carbonyl (C=O) groups is 1. The van der Waals surface area contributed by atoms with E-state index >= 15 is 0 Å². The van der Waals surface area contributed by atoms with Crippen LogP contribution in [0.15, 0.2) is 42.6 Å². The molecule has 0 radical (unpaired) electrons. The van der Waals surface area contributed by atoms with Crippen molar-refractivity contribution in [3.63, 3.8) is 0 Å². The van der Waals surface area contributed by atoms with Crippen molar-refractivity contribution in [2.24, 2.45) is 0 Å². The van der Waals surface area contributed by atoms with E-state index in [-0.39, 0.29) is 11.9 Å². The van der Waals surface area contributed by atoms with Crippen LogP contribution in [0.3, 0.4) is 0 Å². The third-order valence-electron chi connectivity index (χ3n) is 4.91. The van der Waals surface area contributed by atoms with Gasteiger partial charge in [-0.3, -0.25) is 9.48 Å². The van der Waals surface area contributed by atoms with Gasteiger partial charge in [0.2, 0.25) is 5.88 Å². The number of benzene rings is 1. The molecule has 0 spiro atoms. The van der Waals surface area contributed by atoms with E-state index in [4.69, 9.17) is 21.6 Å². The second-order valence-corrected chi connectivity index (χ2v) is 7.15. The molecule has 1 atom stereocenters. The first kappa shape index (κ1) is 19.0. The fourth-order valence-electron chi connectivity index (χ4n) is 3.46. The normalized spacial score (nSPS) is 15.3. The molecular weight excluding hydrogens is 390 g/mol. The third-order valence-corrected chi connectivity index (χ3v) is 5.21. The largest absolute Gasteiger partial charge is 0.481 e. The number of methoxy groups -OCH3 is 1. The monoisotopic (exact) mass is 407 g/mol. The van der Waals surface area contributed by atoms with E-state index in [0.29, 0.717) is 27.7 Å². The van der Waals surface area contributed by atoms with Crippen molar-refractivity contribution >= 4 is 17.5 Å². The van der Waals surface area contributed by atoms with Crippen LogP contribution in [0.25, 0.3) is 11.3 Å². The van der Waals surface area contributed by atoms with Crippen LogP contribution in [0.2, 0.25) is 5.02 Å². The predicted octanol–water partition coefficient (Wildman–Crippen LogP) is 3.74. The summed E-state index contributed by atoms with van der Waals surface area (Å²) in [6.45, 7) is 0.769. The first-order valence-corrected chi connectivity index (χ1v) is 9.55. The number of aromatic nitrogens is 3. The number of pyridine rings is 1. The molecule has 1 aliphatic heterocycles. The minimum absolute atomic E-state index is 0.175. The van der Waals surface area contributed by atoms with Crippen LogP contribution in [0.1, 0.15) is 40.5 Å². The topological polar surface area (TPSA) is 92.8 Å². The lowest BCUT2D eigenvalue weighted by molar-refractivity contribution is 0.0928. The smallest absolute Gasteiger partial charge is 0.251 e. The number of halogens is 1. The molecule has 0 aliphatic carbocycles. The molecule has 2 aromatic heterocycles. The zero-order valence-electron chi connectivity index (χ0n) is 15.7. The van der Waals surface area contributed by atoms with Crippen molar-refractivity contribution in [3.05, 3.63) is 64.4 Å². The van der Waals surface area contributed by atoms with Gasteiger partial charge in [0.1, 0.15) is 0 Å². The molecule has 0 bridgehead atoms. The van der Waals surface area contributed by atoms with Gasteiger partial charge in [0.15, 0.2) is 0 Å². The van der Waals surface area contributed by atoms with Crippen LogP contribution in [-0.4, -0.2) is 27.8 Å². The highest BCUT2D eigenvalue weighted by Crippen LogP contribution is 2.33. The van der Waals surface area contributed by atoms with Gasteiger partial charge in [0, 0.05) is 23.7 Å². The summed E-state index contributed by atoms with van der Waals surface area (Å²) >= 11 is 6.32. The Morgan fingerprint density at radius 3 is 3.03 bits per heavy atom. The van der Waals surface area contributed by atoms with Gasteiger partial charge in [-0.2, -0.15) is 10.4 Å². The van der Waals surface area contributed by atoms with E-state index in [1.54, 1.807) is 37.4 Å². The van der Waals surface area contributed by atoms with Crippen LogP contribution in [-0.2, 0) is 6.54 Å². The number of aryl methyl sites for hydroxylation is 1. The number of nitriles is 1. The van der Waals surface area contributed by atoms with Crippen LogP contribution in [0.4, 0.5) is 0 Å². The van der Waals surface area contributed by atoms with Crippen molar-refractivity contribution in [3.8, 4) is 23.2 Å². The Labute approximate surface area is 172 Å². The Bertz CT molecular complexity index is 1120. The lowest BCUT2D eigenvalue weighted by Crippen LogP contribution is -2.32. The molecule has 3 aromatic rings. The Hall–Kier alpha value is -3.37. The molecule has 0 saturated heterocycles. The summed E-state index contributed by atoms with van der Waals surface area (Å²) < 4.78 is 7.09. The van der Waals surface area contributed by atoms with Crippen molar-refractivity contribution in [1.82, 2.24) is 20.1 Å². The Balaban J connectivity index is 1.62. The number of amides is 1. The molecule has 0 fully saturated rings. The number of nitrogens with zero attached hydrogens (tertiary/aromatic N) is 4. The summed E-state index contributed by atoms with van der Waals surface area (Å²) in [5.74, 6) is 0.240. The minimum atomic E-state index is -0.216. The molecule has 29 heavy (non-hydrogen) atoms. The second kappa shape index (κ2) is 7.94. The molecule has 1 amide bonds. The molecule has 0 saturated carbocycles. The van der Waals surface area contributed by atoms with Gasteiger partial charge in [0.25, 0.3) is 5.91 Å². The van der Waals surface area contributed by atoms with E-state index in [0.717, 1.165) is 30.6 Å². The average molecular weight is 408 g/mol. The van der Waals surface area contributed by atoms with Gasteiger partial charge in [-0.25, -0.2) is 4.98 Å². The number of nitrogens with one attached hydrogen (secondary N) is 1. The summed E-state index contributed by atoms with van der Waals surface area (Å²) in [5.41, 5.74) is 3.27. The molecule has 8 heteroatoms. The Morgan fingerprint density at radius 2 is 2.24 bits per heavy atom. The van der Waals surface area contributed by atoms with Gasteiger partial charge in [-0.05, 0) is 37.1 Å². The highest BCUT2D eigenvalue weighted by atomic mass is 35.5. The SMILES string of the molecule is COc1cc(-c2cc3n(n2)CCCC3NC(=O)c2cccc(C#N)c2)c(Cl)cn1. The highest BCUT2D eigenvalue weighted by Gasteiger charge is 2.25. The summed E-state index contributed by atoms with van der Waals surface area (Å²) in [6.07, 6.45) is 3.24. The third kappa shape index (κ3) is 3.80. The molecule has 1 N–H and O–H groups in total. The van der Waals surface area contributed by atoms with Crippen LogP contribution in [0, 0.1) is 11.3 Å². The van der Waals surface area contributed by atoms with Gasteiger partial charge in [-0.1, -0.05) is 17.7 Å². The number of hydrogen-bond donors (Lipinski definition) is 1. The first-order valence-electron chi connectivity index (χ1n) is 9.17. The number of ether oxygens (including phenoxy) is 1. The van der Waals surface area contributed by atoms with E-state index in [1.807, 2.05) is 10.7 Å².